The summed E-state index contributed by atoms with van der Waals surface area (Å²) in [6.45, 7) is 0. The smallest absolute Gasteiger partial charge is 0.394 e. The first-order valence-electron chi connectivity index (χ1n) is 9.25. The van der Waals surface area contributed by atoms with E-state index in [4.69, 9.17) is 9.47 Å². The molecule has 1 aromatic rings. The van der Waals surface area contributed by atoms with Crippen molar-refractivity contribution in [2.45, 2.75) is 48.8 Å². The van der Waals surface area contributed by atoms with E-state index in [1.165, 1.54) is 7.11 Å². The van der Waals surface area contributed by atoms with Crippen LogP contribution in [0.5, 0.6) is 5.75 Å². The summed E-state index contributed by atoms with van der Waals surface area (Å²) >= 11 is 1.16. The number of nitrogens with zero attached hydrogens (tertiary/aromatic N) is 2. The van der Waals surface area contributed by atoms with Gasteiger partial charge in [-0.05, 0) is 30.5 Å². The average molecular weight is 434 g/mol. The maximum atomic E-state index is 13.8. The van der Waals surface area contributed by atoms with Crippen molar-refractivity contribution in [2.75, 3.05) is 21.2 Å². The summed E-state index contributed by atoms with van der Waals surface area (Å²) in [7, 11) is 5.01. The van der Waals surface area contributed by atoms with Gasteiger partial charge in [0.1, 0.15) is 29.4 Å². The second-order valence-electron chi connectivity index (χ2n) is 7.40. The molecule has 6 nitrogen and oxygen atoms in total. The zero-order valence-electron chi connectivity index (χ0n) is 16.3. The third-order valence-electron chi connectivity index (χ3n) is 5.19. The van der Waals surface area contributed by atoms with Crippen molar-refractivity contribution in [1.82, 2.24) is 4.90 Å². The lowest BCUT2D eigenvalue weighted by Crippen LogP contribution is -2.59. The molecule has 2 aliphatic heterocycles. The predicted molar refractivity (Wildman–Crippen MR) is 104 cm³/mol. The van der Waals surface area contributed by atoms with Gasteiger partial charge in [0.15, 0.2) is 5.17 Å². The maximum Gasteiger partial charge on any atom is 0.394 e. The van der Waals surface area contributed by atoms with Crippen molar-refractivity contribution in [3.63, 3.8) is 0 Å². The number of amidine groups is 1. The van der Waals surface area contributed by atoms with E-state index in [1.807, 2.05) is 0 Å². The quantitative estimate of drug-likeness (QED) is 0.741. The molecule has 2 heterocycles. The molecule has 162 valence electrons. The number of aliphatic hydroxyl groups is 2. The number of aliphatic imine (C=N–C) groups is 1. The third kappa shape index (κ3) is 4.82. The zero-order valence-corrected chi connectivity index (χ0v) is 17.2. The van der Waals surface area contributed by atoms with Gasteiger partial charge < -0.3 is 24.6 Å². The average Bonchev–Trinajstić information content (AvgIpc) is 3.10. The van der Waals surface area contributed by atoms with E-state index >= 15 is 0 Å². The molecule has 0 spiro atoms. The van der Waals surface area contributed by atoms with Gasteiger partial charge in [-0.2, -0.15) is 13.2 Å². The van der Waals surface area contributed by atoms with Gasteiger partial charge in [0.25, 0.3) is 0 Å². The highest BCUT2D eigenvalue weighted by molar-refractivity contribution is 8.14. The van der Waals surface area contributed by atoms with Crippen molar-refractivity contribution in [3.8, 4) is 5.75 Å². The van der Waals surface area contributed by atoms with Gasteiger partial charge >= 0.3 is 6.18 Å². The molecule has 1 fully saturated rings. The molecule has 29 heavy (non-hydrogen) atoms. The Labute approximate surface area is 171 Å². The number of halogens is 3. The molecule has 10 heteroatoms. The van der Waals surface area contributed by atoms with E-state index in [0.29, 0.717) is 10.9 Å². The highest BCUT2D eigenvalue weighted by Gasteiger charge is 2.56. The largest absolute Gasteiger partial charge is 0.497 e. The highest BCUT2D eigenvalue weighted by atomic mass is 32.2. The lowest BCUT2D eigenvalue weighted by Gasteiger charge is -2.42. The number of methoxy groups -OCH3 is 1. The minimum absolute atomic E-state index is 0.150. The van der Waals surface area contributed by atoms with E-state index in [-0.39, 0.29) is 12.8 Å². The van der Waals surface area contributed by atoms with Crippen molar-refractivity contribution in [1.29, 1.82) is 0 Å². The molecule has 0 aliphatic carbocycles. The Morgan fingerprint density at radius 1 is 1.21 bits per heavy atom. The van der Waals surface area contributed by atoms with E-state index in [9.17, 15) is 23.4 Å². The maximum absolute atomic E-state index is 13.8. The normalized spacial score (nSPS) is 30.5. The molecule has 0 unspecified atom stereocenters. The molecule has 0 amide bonds. The topological polar surface area (TPSA) is 74.5 Å². The number of ether oxygens (including phenoxy) is 2. The number of alkyl halides is 3. The first-order valence-corrected chi connectivity index (χ1v) is 10.1. The minimum Gasteiger partial charge on any atom is -0.497 e. The lowest BCUT2D eigenvalue weighted by molar-refractivity contribution is -0.250. The number of hydrogen-bond acceptors (Lipinski definition) is 7. The van der Waals surface area contributed by atoms with Crippen LogP contribution in [0.4, 0.5) is 13.2 Å². The van der Waals surface area contributed by atoms with Crippen molar-refractivity contribution < 1.29 is 32.9 Å². The van der Waals surface area contributed by atoms with Gasteiger partial charge in [0.05, 0.1) is 19.1 Å². The Bertz CT molecular complexity index is 729. The van der Waals surface area contributed by atoms with Crippen LogP contribution in [0, 0.1) is 5.92 Å². The molecule has 3 rings (SSSR count). The SMILES string of the molecule is COc1ccc(CC[C@H]([C@H]2O[C@@H]3SC(N(C)C)=N[C@@H]3[C@@H](O)[C@@H]2O)C(F)(F)F)cc1. The molecule has 6 atom stereocenters. The number of rotatable bonds is 5. The first kappa shape index (κ1) is 22.2. The fourth-order valence-corrected chi connectivity index (χ4v) is 4.70. The lowest BCUT2D eigenvalue weighted by atomic mass is 9.85. The molecule has 0 bridgehead atoms. The Morgan fingerprint density at radius 3 is 2.41 bits per heavy atom. The number of aryl methyl sites for hydroxylation is 1. The van der Waals surface area contributed by atoms with Crippen LogP contribution < -0.4 is 4.74 Å². The molecule has 1 aromatic carbocycles. The molecule has 2 aliphatic rings. The number of benzene rings is 1. The molecular weight excluding hydrogens is 409 g/mol. The van der Waals surface area contributed by atoms with Crippen molar-refractivity contribution in [3.05, 3.63) is 29.8 Å². The third-order valence-corrected chi connectivity index (χ3v) is 6.49. The van der Waals surface area contributed by atoms with Crippen LogP contribution in [0.2, 0.25) is 0 Å². The van der Waals surface area contributed by atoms with Crippen LogP contribution in [0.25, 0.3) is 0 Å². The fourth-order valence-electron chi connectivity index (χ4n) is 3.55. The van der Waals surface area contributed by atoms with Crippen LogP contribution in [-0.2, 0) is 11.2 Å². The molecule has 2 N–H and O–H groups in total. The van der Waals surface area contributed by atoms with E-state index in [1.54, 1.807) is 43.3 Å². The van der Waals surface area contributed by atoms with E-state index in [2.05, 4.69) is 4.99 Å². The number of fused-ring (bicyclic) bond motifs is 1. The van der Waals surface area contributed by atoms with Gasteiger partial charge in [-0.25, -0.2) is 0 Å². The van der Waals surface area contributed by atoms with E-state index < -0.39 is 41.9 Å². The molecular formula is C19H25F3N2O4S. The summed E-state index contributed by atoms with van der Waals surface area (Å²) in [5, 5.41) is 21.4. The van der Waals surface area contributed by atoms with Crippen LogP contribution >= 0.6 is 11.8 Å². The van der Waals surface area contributed by atoms with Gasteiger partial charge in [-0.15, -0.1) is 0 Å². The Balaban J connectivity index is 1.75. The Kier molecular flexibility index (Phi) is 6.67. The van der Waals surface area contributed by atoms with Crippen molar-refractivity contribution in [2.24, 2.45) is 10.9 Å². The monoisotopic (exact) mass is 434 g/mol. The minimum atomic E-state index is -4.58. The molecule has 0 aromatic heterocycles. The second-order valence-corrected chi connectivity index (χ2v) is 8.47. The van der Waals surface area contributed by atoms with E-state index in [0.717, 1.165) is 17.3 Å². The van der Waals surface area contributed by atoms with Gasteiger partial charge in [-0.3, -0.25) is 4.99 Å². The standard InChI is InChI=1S/C19H25F3N2O4S/c1-24(2)18-23-13-14(25)15(26)16(28-17(13)29-18)12(19(20,21)22)9-6-10-4-7-11(27-3)8-5-10/h4-5,7-8,12-17,25-26H,6,9H2,1-3H3/t12-,13-,14-,15+,16-,17-/m1/s1. The summed E-state index contributed by atoms with van der Waals surface area (Å²) < 4.78 is 52.2. The summed E-state index contributed by atoms with van der Waals surface area (Å²) in [5.41, 5.74) is -0.0427. The summed E-state index contributed by atoms with van der Waals surface area (Å²) in [6.07, 6.45) is -9.36. The predicted octanol–water partition coefficient (Wildman–Crippen LogP) is 2.29. The molecule has 0 radical (unpaired) electrons. The van der Waals surface area contributed by atoms with Crippen LogP contribution in [0.15, 0.2) is 29.3 Å². The Hall–Kier alpha value is -1.49. The molecule has 1 saturated heterocycles. The van der Waals surface area contributed by atoms with Gasteiger partial charge in [0.2, 0.25) is 0 Å². The summed E-state index contributed by atoms with van der Waals surface area (Å²) in [4.78, 5) is 5.98. The summed E-state index contributed by atoms with van der Waals surface area (Å²) in [5.74, 6) is -1.30. The highest BCUT2D eigenvalue weighted by Crippen LogP contribution is 2.43. The first-order chi connectivity index (χ1) is 13.6. The Morgan fingerprint density at radius 2 is 1.86 bits per heavy atom. The van der Waals surface area contributed by atoms with Crippen LogP contribution in [0.3, 0.4) is 0 Å². The summed E-state index contributed by atoms with van der Waals surface area (Å²) in [6, 6.07) is 6.00. The fraction of sp³-hybridized carbons (Fsp3) is 0.632. The number of thioether (sulfide) groups is 1. The molecule has 0 saturated carbocycles. The second kappa shape index (κ2) is 8.71. The number of aliphatic hydroxyl groups excluding tert-OH is 2. The van der Waals surface area contributed by atoms with Crippen LogP contribution in [-0.4, -0.2) is 77.5 Å². The van der Waals surface area contributed by atoms with Gasteiger partial charge in [-0.1, -0.05) is 23.9 Å². The zero-order chi connectivity index (χ0) is 21.3. The van der Waals surface area contributed by atoms with Crippen LogP contribution in [0.1, 0.15) is 12.0 Å². The van der Waals surface area contributed by atoms with Crippen molar-refractivity contribution >= 4 is 16.9 Å². The number of hydrogen-bond donors (Lipinski definition) is 2. The van der Waals surface area contributed by atoms with Gasteiger partial charge in [0, 0.05) is 14.1 Å².